The Bertz CT molecular complexity index is 2220. The smallest absolute Gasteiger partial charge is 0.434 e. The molecule has 1 aromatic rings. The van der Waals surface area contributed by atoms with Crippen molar-refractivity contribution in [2.75, 3.05) is 13.1 Å². The Morgan fingerprint density at radius 3 is 1.74 bits per heavy atom. The number of aliphatic carboxylic acids is 3. The minimum Gasteiger partial charge on any atom is -0.481 e. The maximum absolute atomic E-state index is 14.2. The summed E-state index contributed by atoms with van der Waals surface area (Å²) in [5.74, 6) is -14.9. The molecule has 0 bridgehead atoms. The molecule has 2 rings (SSSR count). The van der Waals surface area contributed by atoms with E-state index in [1.54, 1.807) is 20.8 Å². The van der Waals surface area contributed by atoms with E-state index >= 15 is 0 Å². The Labute approximate surface area is 418 Å². The van der Waals surface area contributed by atoms with Crippen LogP contribution in [0.15, 0.2) is 24.3 Å². The first-order valence-electron chi connectivity index (χ1n) is 23.1. The van der Waals surface area contributed by atoms with E-state index in [2.05, 4.69) is 37.3 Å². The number of hydrogen-bond acceptors (Lipinski definition) is 16. The number of carboxylic acids is 3. The van der Waals surface area contributed by atoms with Crippen LogP contribution in [-0.2, 0) is 52.7 Å². The van der Waals surface area contributed by atoms with Gasteiger partial charge in [-0.3, -0.25) is 68.3 Å². The Morgan fingerprint density at radius 1 is 0.726 bits per heavy atom. The summed E-state index contributed by atoms with van der Waals surface area (Å²) in [6.07, 6.45) is -5.71. The zero-order valence-electron chi connectivity index (χ0n) is 41.2. The van der Waals surface area contributed by atoms with Gasteiger partial charge in [0.25, 0.3) is 5.91 Å². The number of nitrogens with one attached hydrogen (secondary N) is 7. The largest absolute Gasteiger partial charge is 0.481 e. The van der Waals surface area contributed by atoms with E-state index in [0.717, 1.165) is 24.9 Å². The fraction of sp³-hybridized carbons (Fsp3) is 0.591. The van der Waals surface area contributed by atoms with Gasteiger partial charge in [-0.15, -0.1) is 0 Å². The molecule has 0 spiro atoms. The number of ether oxygens (including phenoxy) is 1. The second kappa shape index (κ2) is 28.8. The number of rotatable bonds is 27. The van der Waals surface area contributed by atoms with Crippen LogP contribution in [0.3, 0.4) is 0 Å². The third-order valence-corrected chi connectivity index (χ3v) is 10.9. The lowest BCUT2D eigenvalue weighted by Gasteiger charge is -2.33. The van der Waals surface area contributed by atoms with Crippen molar-refractivity contribution in [3.8, 4) is 5.75 Å². The molecule has 404 valence electrons. The number of carbonyl (C=O) groups excluding carboxylic acids is 9. The normalized spacial score (nSPS) is 15.9. The van der Waals surface area contributed by atoms with Crippen LogP contribution in [0, 0.1) is 22.0 Å². The average Bonchev–Trinajstić information content (AvgIpc) is 3.79. The van der Waals surface area contributed by atoms with Gasteiger partial charge in [0.1, 0.15) is 42.3 Å². The van der Waals surface area contributed by atoms with Crippen molar-refractivity contribution in [3.63, 3.8) is 0 Å². The van der Waals surface area contributed by atoms with Gasteiger partial charge in [0.2, 0.25) is 47.1 Å². The summed E-state index contributed by atoms with van der Waals surface area (Å²) in [6.45, 7) is 9.76. The molecule has 0 unspecified atom stereocenters. The number of nitro groups is 1. The van der Waals surface area contributed by atoms with E-state index in [1.165, 1.54) is 36.9 Å². The Morgan fingerprint density at radius 2 is 1.23 bits per heavy atom. The fourth-order valence-electron chi connectivity index (χ4n) is 7.24. The lowest BCUT2D eigenvalue weighted by molar-refractivity contribution is -0.385. The van der Waals surface area contributed by atoms with Crippen molar-refractivity contribution in [1.82, 2.24) is 47.2 Å². The van der Waals surface area contributed by atoms with Crippen molar-refractivity contribution in [1.29, 1.82) is 0 Å². The third kappa shape index (κ3) is 19.3. The highest BCUT2D eigenvalue weighted by molar-refractivity contribution is 5.99. The SMILES string of the molecule is CCCN(NC(=O)[C@@H]1CCCN1C(=O)[C@@H](NC(=O)[C@@H](NC(=O)[C@H](CC(=O)O)NC(=O)[C@H](CCC(=O)O)NC(=O)[C@@H](NC(=O)[C@H](CC(=O)O)NC(C)=O)[C@@H](C)O)C(C)C)C(C)C)C(=O)Oc1ccccc1[N+](=O)[O-]. The quantitative estimate of drug-likeness (QED) is 0.0344. The molecule has 1 aromatic carbocycles. The zero-order chi connectivity index (χ0) is 55.4. The van der Waals surface area contributed by atoms with Gasteiger partial charge in [-0.05, 0) is 50.5 Å². The molecule has 0 saturated carbocycles. The first-order chi connectivity index (χ1) is 34.1. The lowest BCUT2D eigenvalue weighted by atomic mass is 9.98. The number of likely N-dealkylation sites (tertiary alicyclic amines) is 1. The number of carbonyl (C=O) groups is 12. The van der Waals surface area contributed by atoms with E-state index in [1.807, 2.05) is 0 Å². The number of aliphatic hydroxyl groups excluding tert-OH is 1. The summed E-state index contributed by atoms with van der Waals surface area (Å²) in [4.78, 5) is 167. The van der Waals surface area contributed by atoms with Crippen LogP contribution < -0.4 is 42.1 Å². The molecule has 1 heterocycles. The molecule has 9 amide bonds. The number of benzene rings is 1. The van der Waals surface area contributed by atoms with Crippen LogP contribution in [0.1, 0.15) is 93.4 Å². The zero-order valence-corrected chi connectivity index (χ0v) is 41.2. The summed E-state index contributed by atoms with van der Waals surface area (Å²) < 4.78 is 5.23. The predicted octanol–water partition coefficient (Wildman–Crippen LogP) is -1.74. The number of carboxylic acid groups (broad SMARTS) is 3. The standard InChI is InChI=1S/C44H64N10O19/c1-8-17-53(44(70)73-30-14-10-9-12-28(30)54(71)72)51-40(66)29-13-11-18-52(29)43(69)35(22(4)5)49-41(67)34(21(2)3)48-39(65)27(20-33(61)62)47-37(63)25(15-16-31(57)58)46-42(68)36(23(6)55)50-38(64)26(19-32(59)60)45-24(7)56/h9-10,12,14,21-23,25-27,29,34-36,55H,8,11,13,15-20H2,1-7H3,(H,45,56)(H,46,68)(H,47,63)(H,48,65)(H,49,67)(H,50,64)(H,51,66)(H,57,58)(H,59,60)(H,61,62)/t23-,25+,26+,27+,29+,34+,35+,36+/m1/s1. The molecule has 1 saturated heterocycles. The number of hydrazine groups is 1. The van der Waals surface area contributed by atoms with Crippen LogP contribution >= 0.6 is 0 Å². The van der Waals surface area contributed by atoms with Crippen molar-refractivity contribution in [3.05, 3.63) is 34.4 Å². The second-order valence-electron chi connectivity index (χ2n) is 17.6. The molecule has 11 N–H and O–H groups in total. The topological polar surface area (TPSA) is 429 Å². The maximum Gasteiger partial charge on any atom is 0.434 e. The monoisotopic (exact) mass is 1040 g/mol. The van der Waals surface area contributed by atoms with E-state index in [-0.39, 0.29) is 25.3 Å². The maximum atomic E-state index is 14.2. The van der Waals surface area contributed by atoms with Gasteiger partial charge in [-0.25, -0.2) is 9.80 Å². The van der Waals surface area contributed by atoms with Crippen LogP contribution in [0.4, 0.5) is 10.5 Å². The number of hydrogen-bond donors (Lipinski definition) is 11. The van der Waals surface area contributed by atoms with E-state index < -0.39 is 168 Å². The van der Waals surface area contributed by atoms with Crippen LogP contribution in [0.2, 0.25) is 0 Å². The van der Waals surface area contributed by atoms with E-state index in [0.29, 0.717) is 12.8 Å². The number of amides is 9. The molecule has 73 heavy (non-hydrogen) atoms. The van der Waals surface area contributed by atoms with Gasteiger partial charge in [0.05, 0.1) is 23.9 Å². The minimum atomic E-state index is -2.01. The van der Waals surface area contributed by atoms with E-state index in [4.69, 9.17) is 4.74 Å². The van der Waals surface area contributed by atoms with Crippen LogP contribution in [0.5, 0.6) is 5.75 Å². The Kier molecular flexibility index (Phi) is 24.1. The summed E-state index contributed by atoms with van der Waals surface area (Å²) in [5.41, 5.74) is 1.92. The van der Waals surface area contributed by atoms with Crippen molar-refractivity contribution < 1.29 is 87.6 Å². The number of aliphatic hydroxyl groups is 1. The summed E-state index contributed by atoms with van der Waals surface area (Å²) in [6, 6.07) is -6.53. The highest BCUT2D eigenvalue weighted by Crippen LogP contribution is 2.27. The third-order valence-electron chi connectivity index (χ3n) is 10.9. The average molecular weight is 1040 g/mol. The Balaban J connectivity index is 2.32. The molecule has 29 nitrogen and oxygen atoms in total. The van der Waals surface area contributed by atoms with Gasteiger partial charge in [0, 0.05) is 32.5 Å². The summed E-state index contributed by atoms with van der Waals surface area (Å²) in [7, 11) is 0. The van der Waals surface area contributed by atoms with E-state index in [9.17, 15) is 88.1 Å². The molecule has 0 aliphatic carbocycles. The molecule has 0 radical (unpaired) electrons. The minimum absolute atomic E-state index is 0.0411. The first kappa shape index (κ1) is 61.1. The highest BCUT2D eigenvalue weighted by Gasteiger charge is 2.42. The number of nitrogens with zero attached hydrogens (tertiary/aromatic N) is 3. The summed E-state index contributed by atoms with van der Waals surface area (Å²) >= 11 is 0. The van der Waals surface area contributed by atoms with Crippen molar-refractivity contribution >= 4 is 76.9 Å². The lowest BCUT2D eigenvalue weighted by Crippen LogP contribution is -2.62. The number of nitro benzene ring substituents is 1. The molecule has 29 heteroatoms. The second-order valence-corrected chi connectivity index (χ2v) is 17.6. The van der Waals surface area contributed by atoms with Gasteiger partial charge in [-0.1, -0.05) is 46.8 Å². The fourth-order valence-corrected chi connectivity index (χ4v) is 7.24. The predicted molar refractivity (Wildman–Crippen MR) is 249 cm³/mol. The number of para-hydroxylation sites is 2. The molecule has 1 aliphatic heterocycles. The summed E-state index contributed by atoms with van der Waals surface area (Å²) in [5, 5.41) is 64.2. The molecular weight excluding hydrogens is 973 g/mol. The van der Waals surface area contributed by atoms with Gasteiger partial charge in [-0.2, -0.15) is 0 Å². The van der Waals surface area contributed by atoms with Crippen LogP contribution in [0.25, 0.3) is 0 Å². The van der Waals surface area contributed by atoms with Crippen molar-refractivity contribution in [2.24, 2.45) is 11.8 Å². The molecule has 8 atom stereocenters. The Hall–Kier alpha value is -7.98. The van der Waals surface area contributed by atoms with Crippen LogP contribution in [-0.4, -0.2) is 168 Å². The molecular formula is C44H64N10O19. The molecule has 0 aromatic heterocycles. The van der Waals surface area contributed by atoms with Gasteiger partial charge >= 0.3 is 29.7 Å². The van der Waals surface area contributed by atoms with Crippen molar-refractivity contribution in [2.45, 2.75) is 142 Å². The first-order valence-corrected chi connectivity index (χ1v) is 23.1. The molecule has 1 fully saturated rings. The van der Waals surface area contributed by atoms with Gasteiger partial charge < -0.3 is 62.0 Å². The highest BCUT2D eigenvalue weighted by atomic mass is 16.6. The van der Waals surface area contributed by atoms with Gasteiger partial charge in [0.15, 0.2) is 0 Å². The molecule has 1 aliphatic rings.